The van der Waals surface area contributed by atoms with Crippen molar-refractivity contribution in [2.75, 3.05) is 13.7 Å². The van der Waals surface area contributed by atoms with Gasteiger partial charge >= 0.3 is 5.97 Å². The van der Waals surface area contributed by atoms with Crippen LogP contribution in [0.1, 0.15) is 35.2 Å². The van der Waals surface area contributed by atoms with Crippen LogP contribution in [0, 0.1) is 0 Å². The average Bonchev–Trinajstić information content (AvgIpc) is 2.63. The van der Waals surface area contributed by atoms with Gasteiger partial charge in [0.05, 0.1) is 13.7 Å². The molecule has 8 heteroatoms. The minimum absolute atomic E-state index is 0.00566. The summed E-state index contributed by atoms with van der Waals surface area (Å²) in [5.74, 6) is -1.83. The Morgan fingerprint density at radius 1 is 0.964 bits per heavy atom. The molecule has 0 saturated carbocycles. The number of carboxylic acid groups (broad SMARTS) is 1. The number of methoxy groups -OCH3 is 1. The van der Waals surface area contributed by atoms with E-state index in [1.54, 1.807) is 12.1 Å². The van der Waals surface area contributed by atoms with Gasteiger partial charge in [0.1, 0.15) is 22.8 Å². The van der Waals surface area contributed by atoms with Crippen LogP contribution in [-0.2, 0) is 11.2 Å². The predicted octanol–water partition coefficient (Wildman–Crippen LogP) is 2.87. The van der Waals surface area contributed by atoms with Gasteiger partial charge in [-0.15, -0.1) is 0 Å². The molecule has 0 heterocycles. The third-order valence-electron chi connectivity index (χ3n) is 4.04. The monoisotopic (exact) mass is 390 g/mol. The Bertz CT molecular complexity index is 836. The van der Waals surface area contributed by atoms with Crippen molar-refractivity contribution in [3.05, 3.63) is 41.5 Å². The maximum absolute atomic E-state index is 12.4. The van der Waals surface area contributed by atoms with Crippen LogP contribution >= 0.6 is 0 Å². The van der Waals surface area contributed by atoms with Gasteiger partial charge < -0.3 is 29.9 Å². The molecule has 0 spiro atoms. The summed E-state index contributed by atoms with van der Waals surface area (Å²) in [5, 5.41) is 38.5. The van der Waals surface area contributed by atoms with Gasteiger partial charge in [0, 0.05) is 25.0 Å². The Balaban J connectivity index is 2.00. The lowest BCUT2D eigenvalue weighted by Crippen LogP contribution is -2.04. The lowest BCUT2D eigenvalue weighted by molar-refractivity contribution is -0.137. The first-order chi connectivity index (χ1) is 13.3. The van der Waals surface area contributed by atoms with Crippen LogP contribution in [0.25, 0.3) is 0 Å². The van der Waals surface area contributed by atoms with Crippen LogP contribution in [0.4, 0.5) is 0 Å². The molecule has 2 aromatic rings. The molecule has 4 N–H and O–H groups in total. The molecule has 28 heavy (non-hydrogen) atoms. The number of benzene rings is 2. The second kappa shape index (κ2) is 9.50. The number of aliphatic carboxylic acids is 1. The zero-order valence-corrected chi connectivity index (χ0v) is 15.3. The number of carbonyl (C=O) groups is 2. The molecular formula is C20H22O8. The topological polar surface area (TPSA) is 134 Å². The smallest absolute Gasteiger partial charge is 0.303 e. The van der Waals surface area contributed by atoms with Gasteiger partial charge in [-0.25, -0.2) is 0 Å². The third kappa shape index (κ3) is 5.54. The number of phenols is 3. The molecule has 0 aliphatic carbocycles. The largest absolute Gasteiger partial charge is 0.507 e. The first kappa shape index (κ1) is 20.9. The molecule has 0 fully saturated rings. The molecule has 0 amide bonds. The maximum Gasteiger partial charge on any atom is 0.303 e. The number of aryl methyl sites for hydroxylation is 1. The molecule has 0 bridgehead atoms. The van der Waals surface area contributed by atoms with E-state index in [4.69, 9.17) is 14.6 Å². The number of carboxylic acids is 1. The van der Waals surface area contributed by atoms with Crippen molar-refractivity contribution in [1.29, 1.82) is 0 Å². The molecule has 8 nitrogen and oxygen atoms in total. The van der Waals surface area contributed by atoms with Gasteiger partial charge in [0.25, 0.3) is 0 Å². The van der Waals surface area contributed by atoms with Crippen molar-refractivity contribution < 1.29 is 39.5 Å². The van der Waals surface area contributed by atoms with E-state index in [0.29, 0.717) is 17.7 Å². The van der Waals surface area contributed by atoms with E-state index in [0.717, 1.165) is 0 Å². The van der Waals surface area contributed by atoms with Crippen LogP contribution in [0.15, 0.2) is 30.3 Å². The molecule has 0 aliphatic heterocycles. The number of Topliss-reactive ketones (excluding diaryl/α,β-unsaturated/α-hetero) is 1. The van der Waals surface area contributed by atoms with E-state index in [-0.39, 0.29) is 42.9 Å². The molecule has 0 unspecified atom stereocenters. The Morgan fingerprint density at radius 3 is 2.21 bits per heavy atom. The van der Waals surface area contributed by atoms with E-state index in [1.807, 2.05) is 0 Å². The molecule has 0 radical (unpaired) electrons. The highest BCUT2D eigenvalue weighted by atomic mass is 16.5. The number of hydrogen-bond acceptors (Lipinski definition) is 7. The normalized spacial score (nSPS) is 10.5. The first-order valence-corrected chi connectivity index (χ1v) is 8.61. The lowest BCUT2D eigenvalue weighted by Gasteiger charge is -2.11. The first-order valence-electron chi connectivity index (χ1n) is 8.61. The molecule has 0 aromatic heterocycles. The zero-order chi connectivity index (χ0) is 20.7. The molecule has 0 saturated heterocycles. The molecule has 150 valence electrons. The highest BCUT2D eigenvalue weighted by molar-refractivity contribution is 6.01. The van der Waals surface area contributed by atoms with Gasteiger partial charge in [0.2, 0.25) is 0 Å². The third-order valence-corrected chi connectivity index (χ3v) is 4.04. The summed E-state index contributed by atoms with van der Waals surface area (Å²) < 4.78 is 10.2. The van der Waals surface area contributed by atoms with Gasteiger partial charge in [-0.1, -0.05) is 6.07 Å². The summed E-state index contributed by atoms with van der Waals surface area (Å²) >= 11 is 0. The number of rotatable bonds is 10. The number of aromatic hydroxyl groups is 3. The van der Waals surface area contributed by atoms with Crippen LogP contribution in [0.5, 0.6) is 28.7 Å². The standard InChI is InChI=1S/C20H22O8/c1-27-18-7-5-12(9-15(18)22)4-6-14(21)20-16(23)10-13(11-17(20)24)28-8-2-3-19(25)26/h5,7,9-11,22-24H,2-4,6,8H2,1H3,(H,25,26). The summed E-state index contributed by atoms with van der Waals surface area (Å²) in [6.07, 6.45) is 0.510. The second-order valence-corrected chi connectivity index (χ2v) is 6.11. The fourth-order valence-electron chi connectivity index (χ4n) is 2.64. The van der Waals surface area contributed by atoms with Crippen molar-refractivity contribution in [3.8, 4) is 28.7 Å². The second-order valence-electron chi connectivity index (χ2n) is 6.11. The van der Waals surface area contributed by atoms with Crippen molar-refractivity contribution in [1.82, 2.24) is 0 Å². The van der Waals surface area contributed by atoms with Crippen LogP contribution in [-0.4, -0.2) is 45.9 Å². The van der Waals surface area contributed by atoms with E-state index in [9.17, 15) is 24.9 Å². The summed E-state index contributed by atoms with van der Waals surface area (Å²) in [4.78, 5) is 22.9. The van der Waals surface area contributed by atoms with Crippen LogP contribution in [0.3, 0.4) is 0 Å². The van der Waals surface area contributed by atoms with Crippen molar-refractivity contribution in [3.63, 3.8) is 0 Å². The van der Waals surface area contributed by atoms with Gasteiger partial charge in [-0.05, 0) is 30.5 Å². The predicted molar refractivity (Wildman–Crippen MR) is 99.4 cm³/mol. The minimum atomic E-state index is -0.944. The van der Waals surface area contributed by atoms with Crippen LogP contribution in [0.2, 0.25) is 0 Å². The van der Waals surface area contributed by atoms with Gasteiger partial charge in [-0.2, -0.15) is 0 Å². The Morgan fingerprint density at radius 2 is 1.64 bits per heavy atom. The molecule has 2 aromatic carbocycles. The van der Waals surface area contributed by atoms with Crippen molar-refractivity contribution in [2.45, 2.75) is 25.7 Å². The number of carbonyl (C=O) groups excluding carboxylic acids is 1. The van der Waals surface area contributed by atoms with E-state index >= 15 is 0 Å². The van der Waals surface area contributed by atoms with Crippen molar-refractivity contribution >= 4 is 11.8 Å². The fourth-order valence-corrected chi connectivity index (χ4v) is 2.64. The SMILES string of the molecule is COc1ccc(CCC(=O)c2c(O)cc(OCCCC(=O)O)cc2O)cc1O. The zero-order valence-electron chi connectivity index (χ0n) is 15.3. The van der Waals surface area contributed by atoms with Crippen LogP contribution < -0.4 is 9.47 Å². The summed E-state index contributed by atoms with van der Waals surface area (Å²) in [6, 6.07) is 7.18. The van der Waals surface area contributed by atoms with Gasteiger partial charge in [-0.3, -0.25) is 9.59 Å². The number of hydrogen-bond donors (Lipinski definition) is 4. The molecule has 0 atom stereocenters. The molecular weight excluding hydrogens is 368 g/mol. The van der Waals surface area contributed by atoms with E-state index in [2.05, 4.69) is 0 Å². The van der Waals surface area contributed by atoms with Gasteiger partial charge in [0.15, 0.2) is 17.3 Å². The summed E-state index contributed by atoms with van der Waals surface area (Å²) in [6.45, 7) is 0.0967. The highest BCUT2D eigenvalue weighted by Crippen LogP contribution is 2.34. The molecule has 0 aliphatic rings. The van der Waals surface area contributed by atoms with Crippen molar-refractivity contribution in [2.24, 2.45) is 0 Å². The minimum Gasteiger partial charge on any atom is -0.507 e. The summed E-state index contributed by atoms with van der Waals surface area (Å²) in [5.41, 5.74) is 0.486. The lowest BCUT2D eigenvalue weighted by atomic mass is 10.0. The quantitative estimate of drug-likeness (QED) is 0.359. The highest BCUT2D eigenvalue weighted by Gasteiger charge is 2.18. The number of ether oxygens (including phenoxy) is 2. The number of phenolic OH excluding ortho intramolecular Hbond substituents is 3. The Hall–Kier alpha value is -3.42. The Labute approximate surface area is 161 Å². The fraction of sp³-hybridized carbons (Fsp3) is 0.300. The van der Waals surface area contributed by atoms with E-state index in [1.165, 1.54) is 25.3 Å². The maximum atomic E-state index is 12.4. The van der Waals surface area contributed by atoms with E-state index < -0.39 is 23.3 Å². The Kier molecular flexibility index (Phi) is 7.08. The number of ketones is 1. The average molecular weight is 390 g/mol. The molecule has 2 rings (SSSR count). The summed E-state index contributed by atoms with van der Waals surface area (Å²) in [7, 11) is 1.43.